The zero-order chi connectivity index (χ0) is 57.4. The van der Waals surface area contributed by atoms with E-state index in [2.05, 4.69) is 48.5 Å². The van der Waals surface area contributed by atoms with Crippen molar-refractivity contribution in [1.82, 2.24) is 53.6 Å². The van der Waals surface area contributed by atoms with Crippen LogP contribution in [0.4, 0.5) is 17.7 Å². The van der Waals surface area contributed by atoms with E-state index in [9.17, 15) is 62.7 Å². The highest BCUT2D eigenvalue weighted by Gasteiger charge is 2.51. The molecule has 2 saturated heterocycles. The van der Waals surface area contributed by atoms with Crippen LogP contribution in [0.25, 0.3) is 33.5 Å². The average molecular weight is 1210 g/mol. The van der Waals surface area contributed by atoms with Gasteiger partial charge in [0.1, 0.15) is 54.6 Å². The fourth-order valence-corrected chi connectivity index (χ4v) is 12.3. The van der Waals surface area contributed by atoms with Crippen molar-refractivity contribution in [3.63, 3.8) is 0 Å². The molecule has 6 unspecified atom stereocenters. The van der Waals surface area contributed by atoms with Gasteiger partial charge in [0.05, 0.1) is 66.0 Å². The largest absolute Gasteiger partial charge is 0.756 e. The maximum Gasteiger partial charge on any atom is 0.490 e. The SMILES string of the molecule is COCCOC1[C@@H](COP(=O)(O)OP(=O)(O)OP(=O)(O)OC[C@H](COP(=O)([O-])OC[C@H]2O[C@@H](n3cnc4c(=O)[nH]c(N)nc43)C(O)[C@H]2O)O[C@H](COC)n2cnc3c(N)ncnc32)O[C@@H]([n+]2cn(C)c3c(=O)[nH]c(N)nc32)[C@H]1O. The van der Waals surface area contributed by atoms with Crippen LogP contribution in [0.15, 0.2) is 34.9 Å². The third kappa shape index (κ3) is 13.8. The number of nitrogen functional groups attached to an aromatic ring is 3. The Bertz CT molecular complexity index is 3470. The molecule has 0 spiro atoms. The predicted molar refractivity (Wildman–Crippen MR) is 255 cm³/mol. The Hall–Kier alpha value is -5.19. The molecule has 0 aromatic carbocycles. The molecular formula is C35H51N15O25P4. The summed E-state index contributed by atoms with van der Waals surface area (Å²) in [6, 6.07) is 0. The topological polar surface area (TPSA) is 563 Å². The van der Waals surface area contributed by atoms with Gasteiger partial charge in [0.15, 0.2) is 41.4 Å². The summed E-state index contributed by atoms with van der Waals surface area (Å²) in [4.78, 5) is 98.4. The molecule has 79 heavy (non-hydrogen) atoms. The van der Waals surface area contributed by atoms with Crippen LogP contribution in [0.5, 0.6) is 0 Å². The number of aryl methyl sites for hydroxylation is 1. The van der Waals surface area contributed by atoms with E-state index in [1.165, 1.54) is 41.3 Å². The Morgan fingerprint density at radius 3 is 2.15 bits per heavy atom. The molecule has 0 radical (unpaired) electrons. The molecule has 14 N–H and O–H groups in total. The molecule has 44 heteroatoms. The van der Waals surface area contributed by atoms with E-state index in [0.29, 0.717) is 0 Å². The number of imidazole rings is 3. The normalized spacial score (nSPS) is 25.6. The van der Waals surface area contributed by atoms with E-state index >= 15 is 0 Å². The maximum atomic E-state index is 13.3. The van der Waals surface area contributed by atoms with E-state index in [1.54, 1.807) is 0 Å². The summed E-state index contributed by atoms with van der Waals surface area (Å²) in [7, 11) is -19.6. The molecule has 2 aliphatic rings. The van der Waals surface area contributed by atoms with Crippen LogP contribution in [0.3, 0.4) is 0 Å². The summed E-state index contributed by atoms with van der Waals surface area (Å²) >= 11 is 0. The number of aromatic nitrogens is 12. The average Bonchev–Trinajstić information content (AvgIpc) is 4.24. The van der Waals surface area contributed by atoms with Gasteiger partial charge >= 0.3 is 29.1 Å². The molecule has 2 fully saturated rings. The van der Waals surface area contributed by atoms with Crippen LogP contribution in [-0.4, -0.2) is 187 Å². The fraction of sp³-hybridized carbons (Fsp3) is 0.571. The van der Waals surface area contributed by atoms with Crippen molar-refractivity contribution in [2.45, 2.75) is 61.4 Å². The highest BCUT2D eigenvalue weighted by Crippen LogP contribution is 2.68. The number of phosphoric ester groups is 3. The second kappa shape index (κ2) is 24.1. The first kappa shape index (κ1) is 59.9. The van der Waals surface area contributed by atoms with Gasteiger partial charge in [0.25, 0.3) is 24.9 Å². The van der Waals surface area contributed by atoms with Gasteiger partial charge in [-0.3, -0.25) is 46.9 Å². The molecule has 14 atom stereocenters. The molecular weight excluding hydrogens is 1150 g/mol. The Labute approximate surface area is 440 Å². The minimum absolute atomic E-state index is 0.00738. The molecule has 0 saturated carbocycles. The zero-order valence-corrected chi connectivity index (χ0v) is 44.5. The summed E-state index contributed by atoms with van der Waals surface area (Å²) in [6.45, 7) is -5.12. The molecule has 6 aromatic rings. The van der Waals surface area contributed by atoms with Crippen molar-refractivity contribution >= 4 is 82.5 Å². The number of hydrogen-bond donors (Lipinski definition) is 11. The second-order valence-electron chi connectivity index (χ2n) is 16.9. The first-order valence-electron chi connectivity index (χ1n) is 22.5. The van der Waals surface area contributed by atoms with Crippen molar-refractivity contribution in [2.75, 3.05) is 77.7 Å². The van der Waals surface area contributed by atoms with Crippen molar-refractivity contribution in [2.24, 2.45) is 7.05 Å². The molecule has 8 heterocycles. The van der Waals surface area contributed by atoms with Crippen LogP contribution < -0.4 is 37.8 Å². The molecule has 0 aliphatic carbocycles. The number of nitrogens with two attached hydrogens (primary N) is 3. The van der Waals surface area contributed by atoms with E-state index in [1.807, 2.05) is 0 Å². The Balaban J connectivity index is 0.928. The quantitative estimate of drug-likeness (QED) is 0.0132. The van der Waals surface area contributed by atoms with Gasteiger partial charge < -0.3 is 89.6 Å². The molecule has 40 nitrogen and oxygen atoms in total. The summed E-state index contributed by atoms with van der Waals surface area (Å²) < 4.78 is 119. The Kier molecular flexibility index (Phi) is 18.3. The van der Waals surface area contributed by atoms with Gasteiger partial charge in [-0.05, 0) is 0 Å². The standard InChI is InChI=1S/C35H51N15O25P4/c1-47-14-50(29-21(47)31(55)46-35(38)44-29)33-24(53)25(66-5-4-64-2)17(73-33)9-70-78(60,61)75-79(62,63)74-77(58,59)68-7-15(71-18(10-65-3)48-12-41-19-26(36)39-11-40-27(19)48)6-67-76(56,57)69-8-16-22(51)23(52)32(72-16)49-13-42-20-28(49)43-34(37)45-30(20)54/h11-18,22-25,32-33,51-53H,4-10H2,1-3H3,(H11-,36,37,38,39,40,43,44,45,46,54,55,56,57,58,59,60,61,62,63)/t15-,16+,17+,18+,22-,23?,24-,25?,32+,33+/m0/s1. The number of fused-ring (bicyclic) bond motifs is 3. The minimum atomic E-state index is -6.22. The van der Waals surface area contributed by atoms with Crippen LogP contribution >= 0.6 is 31.3 Å². The van der Waals surface area contributed by atoms with Crippen molar-refractivity contribution in [3.8, 4) is 0 Å². The number of hydrogen-bond acceptors (Lipinski definition) is 31. The number of nitrogens with one attached hydrogen (secondary N) is 2. The number of rotatable bonds is 27. The molecule has 6 aromatic heterocycles. The number of ether oxygens (including phenoxy) is 6. The smallest absolute Gasteiger partial charge is 0.490 e. The first-order chi connectivity index (χ1) is 37.2. The number of aliphatic hydroxyl groups excluding tert-OH is 3. The maximum absolute atomic E-state index is 13.3. The summed E-state index contributed by atoms with van der Waals surface area (Å²) in [5.41, 5.74) is 15.6. The van der Waals surface area contributed by atoms with E-state index < -0.39 is 137 Å². The number of methoxy groups -OCH3 is 2. The molecule has 0 bridgehead atoms. The number of phosphoric acid groups is 4. The summed E-state index contributed by atoms with van der Waals surface area (Å²) in [5.74, 6) is -0.678. The summed E-state index contributed by atoms with van der Waals surface area (Å²) in [6.07, 6.45) is -11.3. The monoisotopic (exact) mass is 1210 g/mol. The number of aliphatic hydroxyl groups is 3. The van der Waals surface area contributed by atoms with Gasteiger partial charge in [-0.2, -0.15) is 13.6 Å². The summed E-state index contributed by atoms with van der Waals surface area (Å²) in [5, 5.41) is 32.9. The first-order valence-corrected chi connectivity index (χ1v) is 28.5. The van der Waals surface area contributed by atoms with Crippen LogP contribution in [-0.2, 0) is 80.4 Å². The van der Waals surface area contributed by atoms with Gasteiger partial charge in [0.2, 0.25) is 17.7 Å². The van der Waals surface area contributed by atoms with E-state index in [-0.39, 0.29) is 64.4 Å². The highest BCUT2D eigenvalue weighted by molar-refractivity contribution is 7.66. The highest BCUT2D eigenvalue weighted by atomic mass is 31.3. The Morgan fingerprint density at radius 1 is 0.759 bits per heavy atom. The van der Waals surface area contributed by atoms with Gasteiger partial charge in [-0.1, -0.05) is 4.98 Å². The van der Waals surface area contributed by atoms with Crippen LogP contribution in [0.2, 0.25) is 0 Å². The van der Waals surface area contributed by atoms with Crippen molar-refractivity contribution in [3.05, 3.63) is 46.0 Å². The number of aromatic amines is 2. The van der Waals surface area contributed by atoms with Crippen molar-refractivity contribution < 1.29 is 113 Å². The molecule has 436 valence electrons. The third-order valence-corrected chi connectivity index (χ3v) is 16.6. The number of anilines is 3. The van der Waals surface area contributed by atoms with Gasteiger partial charge in [0, 0.05) is 14.2 Å². The van der Waals surface area contributed by atoms with E-state index in [4.69, 9.17) is 63.7 Å². The van der Waals surface area contributed by atoms with Gasteiger partial charge in [-0.25, -0.2) is 38.2 Å². The predicted octanol–water partition coefficient (Wildman–Crippen LogP) is -4.42. The van der Waals surface area contributed by atoms with E-state index in [0.717, 1.165) is 23.5 Å². The van der Waals surface area contributed by atoms with Crippen LogP contribution in [0.1, 0.15) is 18.7 Å². The van der Waals surface area contributed by atoms with Gasteiger partial charge in [-0.15, -0.1) is 0 Å². The lowest BCUT2D eigenvalue weighted by molar-refractivity contribution is -0.745. The lowest BCUT2D eigenvalue weighted by Gasteiger charge is -2.29. The molecule has 8 rings (SSSR count). The number of nitrogens with zero attached hydrogens (tertiary/aromatic N) is 10. The third-order valence-electron chi connectivity index (χ3n) is 11.4. The second-order valence-corrected chi connectivity index (χ2v) is 23.0. The molecule has 0 amide bonds. The lowest BCUT2D eigenvalue weighted by atomic mass is 10.1. The Morgan fingerprint density at radius 2 is 1.43 bits per heavy atom. The lowest BCUT2D eigenvalue weighted by Crippen LogP contribution is -2.46. The van der Waals surface area contributed by atoms with Crippen LogP contribution in [0, 0.1) is 0 Å². The molecule has 2 aliphatic heterocycles. The zero-order valence-electron chi connectivity index (χ0n) is 41.0. The van der Waals surface area contributed by atoms with Crippen molar-refractivity contribution in [1.29, 1.82) is 0 Å². The number of H-pyrrole nitrogens is 2. The minimum Gasteiger partial charge on any atom is -0.756 e. The fourth-order valence-electron chi connectivity index (χ4n) is 8.04.